The number of nitro groups is 1. The van der Waals surface area contributed by atoms with E-state index in [9.17, 15) is 15.4 Å². The molecule has 4 rings (SSSR count). The molecule has 1 N–H and O–H groups in total. The summed E-state index contributed by atoms with van der Waals surface area (Å²) >= 11 is 0. The van der Waals surface area contributed by atoms with E-state index in [1.54, 1.807) is 6.07 Å². The molecule has 0 bridgehead atoms. The first kappa shape index (κ1) is 26.6. The third-order valence-electron chi connectivity index (χ3n) is 6.69. The normalized spacial score (nSPS) is 11.4. The molecule has 0 heterocycles. The Labute approximate surface area is 224 Å². The zero-order chi connectivity index (χ0) is 27.2. The molecule has 0 amide bonds. The quantitative estimate of drug-likeness (QED) is 0.164. The summed E-state index contributed by atoms with van der Waals surface area (Å²) in [4.78, 5) is 10.9. The summed E-state index contributed by atoms with van der Waals surface area (Å²) in [5.74, 6) is 0.807. The summed E-state index contributed by atoms with van der Waals surface area (Å²) in [5, 5.41) is 26.1. The Morgan fingerprint density at radius 2 is 1.45 bits per heavy atom. The number of benzene rings is 4. The van der Waals surface area contributed by atoms with Crippen LogP contribution < -0.4 is 20.1 Å². The van der Waals surface area contributed by atoms with Gasteiger partial charge in [0.2, 0.25) is 0 Å². The fourth-order valence-electron chi connectivity index (χ4n) is 4.85. The van der Waals surface area contributed by atoms with E-state index in [-0.39, 0.29) is 22.0 Å². The molecular weight excluding hydrogens is 490 g/mol. The molecular formula is C31H31N3O3Si. The predicted octanol–water partition coefficient (Wildman–Crippen LogP) is 6.06. The number of para-hydroxylation sites is 1. The Balaban J connectivity index is 1.57. The molecule has 0 unspecified atom stereocenters. The van der Waals surface area contributed by atoms with Crippen molar-refractivity contribution in [3.05, 3.63) is 124 Å². The van der Waals surface area contributed by atoms with Gasteiger partial charge in [-0.15, -0.1) is 0 Å². The van der Waals surface area contributed by atoms with Crippen molar-refractivity contribution < 1.29 is 9.35 Å². The molecule has 6 nitrogen and oxygen atoms in total. The summed E-state index contributed by atoms with van der Waals surface area (Å²) in [7, 11) is -2.71. The molecule has 38 heavy (non-hydrogen) atoms. The van der Waals surface area contributed by atoms with Gasteiger partial charge in [-0.05, 0) is 45.6 Å². The Morgan fingerprint density at radius 1 is 0.868 bits per heavy atom. The average molecular weight is 522 g/mol. The van der Waals surface area contributed by atoms with Crippen LogP contribution in [0.1, 0.15) is 31.9 Å². The number of hydrogen-bond donors (Lipinski definition) is 1. The van der Waals surface area contributed by atoms with Crippen molar-refractivity contribution in [1.82, 2.24) is 0 Å². The van der Waals surface area contributed by atoms with Crippen LogP contribution in [-0.4, -0.2) is 19.8 Å². The molecule has 0 aliphatic rings. The number of nitro benzene ring substituents is 1. The molecule has 4 aromatic carbocycles. The van der Waals surface area contributed by atoms with Crippen LogP contribution in [0.5, 0.6) is 5.75 Å². The molecule has 0 spiro atoms. The molecule has 0 aromatic heterocycles. The number of anilines is 1. The van der Waals surface area contributed by atoms with Crippen molar-refractivity contribution in [2.75, 3.05) is 11.9 Å². The van der Waals surface area contributed by atoms with Crippen LogP contribution in [0, 0.1) is 21.4 Å². The van der Waals surface area contributed by atoms with E-state index >= 15 is 0 Å². The molecule has 192 valence electrons. The minimum atomic E-state index is -2.71. The number of nitrogens with zero attached hydrogens (tertiary/aromatic N) is 2. The van der Waals surface area contributed by atoms with Gasteiger partial charge < -0.3 is 9.74 Å². The van der Waals surface area contributed by atoms with Gasteiger partial charge in [-0.2, -0.15) is 5.26 Å². The maximum Gasteiger partial charge on any atom is 0.319 e. The first-order valence-corrected chi connectivity index (χ1v) is 14.5. The molecule has 0 radical (unpaired) electrons. The van der Waals surface area contributed by atoms with Gasteiger partial charge >= 0.3 is 8.32 Å². The zero-order valence-corrected chi connectivity index (χ0v) is 22.8. The lowest BCUT2D eigenvalue weighted by Gasteiger charge is -2.43. The topological polar surface area (TPSA) is 88.2 Å². The largest absolute Gasteiger partial charge is 0.534 e. The highest BCUT2D eigenvalue weighted by molar-refractivity contribution is 7.00. The summed E-state index contributed by atoms with van der Waals surface area (Å²) in [6, 6.07) is 35.6. The highest BCUT2D eigenvalue weighted by Crippen LogP contribution is 2.37. The van der Waals surface area contributed by atoms with Gasteiger partial charge in [0.15, 0.2) is 0 Å². The predicted molar refractivity (Wildman–Crippen MR) is 155 cm³/mol. The monoisotopic (exact) mass is 521 g/mol. The fraction of sp³-hybridized carbons (Fsp3) is 0.194. The first-order valence-electron chi connectivity index (χ1n) is 12.6. The van der Waals surface area contributed by atoms with Gasteiger partial charge in [-0.1, -0.05) is 99.6 Å². The molecule has 4 aromatic rings. The van der Waals surface area contributed by atoms with Gasteiger partial charge in [0.25, 0.3) is 5.69 Å². The number of nitrogens with one attached hydrogen (secondary N) is 1. The standard InChI is InChI=1S/C31H31N3O3Si/c1-31(2,3)38(27-12-6-4-7-13-27,28-14-8-5-9-15-28)37-26-19-17-24(18-20-26)21-22-33-30-25(23-32)11-10-16-29(30)34(35)36/h4-20,33H,21-22H2,1-3H3. The van der Waals surface area contributed by atoms with E-state index in [1.807, 2.05) is 42.5 Å². The highest BCUT2D eigenvalue weighted by Gasteiger charge is 2.52. The van der Waals surface area contributed by atoms with Gasteiger partial charge in [-0.25, -0.2) is 0 Å². The lowest BCUT2D eigenvalue weighted by atomic mass is 10.1. The van der Waals surface area contributed by atoms with Crippen LogP contribution in [0.3, 0.4) is 0 Å². The minimum Gasteiger partial charge on any atom is -0.534 e. The van der Waals surface area contributed by atoms with Crippen LogP contribution in [0.4, 0.5) is 11.4 Å². The van der Waals surface area contributed by atoms with Crippen molar-refractivity contribution in [1.29, 1.82) is 5.26 Å². The smallest absolute Gasteiger partial charge is 0.319 e. The van der Waals surface area contributed by atoms with Crippen molar-refractivity contribution in [3.8, 4) is 11.8 Å². The van der Waals surface area contributed by atoms with E-state index in [4.69, 9.17) is 4.43 Å². The fourth-order valence-corrected chi connectivity index (χ4v) is 9.27. The summed E-state index contributed by atoms with van der Waals surface area (Å²) in [6.45, 7) is 7.20. The molecule has 0 atom stereocenters. The highest BCUT2D eigenvalue weighted by atomic mass is 28.4. The SMILES string of the molecule is CC(C)(C)[Si](Oc1ccc(CCNc2c(C#N)cccc2[N+](=O)[O-])cc1)(c1ccccc1)c1ccccc1. The number of rotatable bonds is 9. The first-order chi connectivity index (χ1) is 18.3. The van der Waals surface area contributed by atoms with E-state index in [0.29, 0.717) is 13.0 Å². The average Bonchev–Trinajstić information content (AvgIpc) is 2.92. The van der Waals surface area contributed by atoms with Gasteiger partial charge in [-0.3, -0.25) is 10.1 Å². The molecule has 0 fully saturated rings. The minimum absolute atomic E-state index is 0.0990. The van der Waals surface area contributed by atoms with Gasteiger partial charge in [0, 0.05) is 12.6 Å². The third kappa shape index (κ3) is 5.46. The van der Waals surface area contributed by atoms with E-state index in [1.165, 1.54) is 22.5 Å². The van der Waals surface area contributed by atoms with Crippen molar-refractivity contribution in [3.63, 3.8) is 0 Å². The summed E-state index contributed by atoms with van der Waals surface area (Å²) in [6.07, 6.45) is 0.635. The zero-order valence-electron chi connectivity index (χ0n) is 21.8. The summed E-state index contributed by atoms with van der Waals surface area (Å²) in [5.41, 5.74) is 1.47. The van der Waals surface area contributed by atoms with Gasteiger partial charge in [0.05, 0.1) is 10.5 Å². The number of nitriles is 1. The Hall–Kier alpha value is -4.41. The van der Waals surface area contributed by atoms with Crippen LogP contribution in [-0.2, 0) is 6.42 Å². The maximum absolute atomic E-state index is 11.4. The van der Waals surface area contributed by atoms with Crippen LogP contribution >= 0.6 is 0 Å². The van der Waals surface area contributed by atoms with E-state index in [0.717, 1.165) is 11.3 Å². The third-order valence-corrected chi connectivity index (χ3v) is 11.6. The Bertz CT molecular complexity index is 1390. The molecule has 0 aliphatic carbocycles. The second-order valence-electron chi connectivity index (χ2n) is 10.2. The Morgan fingerprint density at radius 3 is 1.95 bits per heavy atom. The van der Waals surface area contributed by atoms with Crippen LogP contribution in [0.2, 0.25) is 5.04 Å². The lowest BCUT2D eigenvalue weighted by Crippen LogP contribution is -2.68. The van der Waals surface area contributed by atoms with E-state index in [2.05, 4.69) is 74.6 Å². The van der Waals surface area contributed by atoms with Crippen LogP contribution in [0.25, 0.3) is 0 Å². The van der Waals surface area contributed by atoms with Crippen molar-refractivity contribution in [2.24, 2.45) is 0 Å². The van der Waals surface area contributed by atoms with Crippen molar-refractivity contribution in [2.45, 2.75) is 32.2 Å². The lowest BCUT2D eigenvalue weighted by molar-refractivity contribution is -0.384. The Kier molecular flexibility index (Phi) is 7.94. The van der Waals surface area contributed by atoms with Gasteiger partial charge in [0.1, 0.15) is 17.5 Å². The second kappa shape index (κ2) is 11.3. The van der Waals surface area contributed by atoms with Crippen molar-refractivity contribution >= 4 is 30.1 Å². The van der Waals surface area contributed by atoms with Crippen LogP contribution in [0.15, 0.2) is 103 Å². The molecule has 0 saturated carbocycles. The maximum atomic E-state index is 11.4. The second-order valence-corrected chi connectivity index (χ2v) is 14.4. The van der Waals surface area contributed by atoms with E-state index < -0.39 is 13.2 Å². The molecule has 0 aliphatic heterocycles. The molecule has 7 heteroatoms. The summed E-state index contributed by atoms with van der Waals surface area (Å²) < 4.78 is 7.05. The number of hydrogen-bond acceptors (Lipinski definition) is 5. The molecule has 0 saturated heterocycles.